The van der Waals surface area contributed by atoms with Crippen molar-refractivity contribution in [3.63, 3.8) is 0 Å². The van der Waals surface area contributed by atoms with Gasteiger partial charge in [-0.2, -0.15) is 0 Å². The Balaban J connectivity index is 1.70. The standard InChI is InChI=1S/C14H27NO/c1-14(2,3)11-8-12(9-11)15(4)10-13-6-5-7-16-13/h11-13H,5-10H2,1-4H3. The lowest BCUT2D eigenvalue weighted by Crippen LogP contribution is -2.48. The lowest BCUT2D eigenvalue weighted by Gasteiger charge is -2.47. The molecule has 0 spiro atoms. The summed E-state index contributed by atoms with van der Waals surface area (Å²) in [7, 11) is 2.27. The molecule has 1 atom stereocenters. The van der Waals surface area contributed by atoms with E-state index in [0.29, 0.717) is 11.5 Å². The molecular weight excluding hydrogens is 198 g/mol. The maximum absolute atomic E-state index is 5.69. The fraction of sp³-hybridized carbons (Fsp3) is 1.00. The smallest absolute Gasteiger partial charge is 0.0702 e. The van der Waals surface area contributed by atoms with Crippen LogP contribution in [-0.2, 0) is 4.74 Å². The molecule has 1 saturated carbocycles. The summed E-state index contributed by atoms with van der Waals surface area (Å²) >= 11 is 0. The van der Waals surface area contributed by atoms with Gasteiger partial charge in [0, 0.05) is 19.2 Å². The van der Waals surface area contributed by atoms with Gasteiger partial charge in [-0.15, -0.1) is 0 Å². The van der Waals surface area contributed by atoms with Crippen LogP contribution in [0.15, 0.2) is 0 Å². The van der Waals surface area contributed by atoms with Gasteiger partial charge in [0.2, 0.25) is 0 Å². The molecule has 0 aromatic heterocycles. The molecular formula is C14H27NO. The molecule has 2 rings (SSSR count). The van der Waals surface area contributed by atoms with Crippen LogP contribution in [0.25, 0.3) is 0 Å². The second-order valence-corrected chi connectivity index (χ2v) is 6.76. The van der Waals surface area contributed by atoms with E-state index in [-0.39, 0.29) is 0 Å². The van der Waals surface area contributed by atoms with Gasteiger partial charge < -0.3 is 9.64 Å². The van der Waals surface area contributed by atoms with Crippen LogP contribution >= 0.6 is 0 Å². The Hall–Kier alpha value is -0.0800. The first-order valence-corrected chi connectivity index (χ1v) is 6.78. The lowest BCUT2D eigenvalue weighted by atomic mass is 9.65. The average Bonchev–Trinajstić information content (AvgIpc) is 2.50. The molecule has 0 radical (unpaired) electrons. The minimum Gasteiger partial charge on any atom is -0.377 e. The molecule has 1 aliphatic heterocycles. The topological polar surface area (TPSA) is 12.5 Å². The number of rotatable bonds is 3. The van der Waals surface area contributed by atoms with Gasteiger partial charge in [0.05, 0.1) is 6.10 Å². The summed E-state index contributed by atoms with van der Waals surface area (Å²) in [5.41, 5.74) is 0.501. The third-order valence-corrected chi connectivity index (χ3v) is 4.48. The molecule has 0 N–H and O–H groups in total. The summed E-state index contributed by atoms with van der Waals surface area (Å²) in [4.78, 5) is 2.53. The van der Waals surface area contributed by atoms with Crippen molar-refractivity contribution >= 4 is 0 Å². The van der Waals surface area contributed by atoms with Crippen molar-refractivity contribution in [2.24, 2.45) is 11.3 Å². The van der Waals surface area contributed by atoms with Gasteiger partial charge in [0.1, 0.15) is 0 Å². The van der Waals surface area contributed by atoms with Gasteiger partial charge in [-0.3, -0.25) is 0 Å². The largest absolute Gasteiger partial charge is 0.377 e. The van der Waals surface area contributed by atoms with Crippen LogP contribution < -0.4 is 0 Å². The summed E-state index contributed by atoms with van der Waals surface area (Å²) in [6, 6.07) is 0.813. The summed E-state index contributed by atoms with van der Waals surface area (Å²) in [6.07, 6.45) is 5.80. The third-order valence-electron chi connectivity index (χ3n) is 4.48. The summed E-state index contributed by atoms with van der Waals surface area (Å²) < 4.78 is 5.69. The fourth-order valence-corrected chi connectivity index (χ4v) is 2.91. The minimum atomic E-state index is 0.501. The van der Waals surface area contributed by atoms with E-state index in [1.807, 2.05) is 0 Å². The molecule has 0 amide bonds. The lowest BCUT2D eigenvalue weighted by molar-refractivity contribution is 0.00449. The Morgan fingerprint density at radius 1 is 1.25 bits per heavy atom. The first-order valence-electron chi connectivity index (χ1n) is 6.78. The zero-order valence-corrected chi connectivity index (χ0v) is 11.3. The Labute approximate surface area is 100 Å². The maximum Gasteiger partial charge on any atom is 0.0702 e. The van der Waals surface area contributed by atoms with Crippen molar-refractivity contribution in [3.8, 4) is 0 Å². The molecule has 1 aliphatic carbocycles. The van der Waals surface area contributed by atoms with Crippen molar-refractivity contribution in [2.45, 2.75) is 58.6 Å². The molecule has 2 nitrogen and oxygen atoms in total. The zero-order chi connectivity index (χ0) is 11.8. The Morgan fingerprint density at radius 3 is 2.44 bits per heavy atom. The average molecular weight is 225 g/mol. The third kappa shape index (κ3) is 2.78. The quantitative estimate of drug-likeness (QED) is 0.732. The van der Waals surface area contributed by atoms with Crippen molar-refractivity contribution in [3.05, 3.63) is 0 Å². The molecule has 0 aromatic carbocycles. The highest BCUT2D eigenvalue weighted by Gasteiger charge is 2.39. The van der Waals surface area contributed by atoms with Crippen LogP contribution in [0.5, 0.6) is 0 Å². The highest BCUT2D eigenvalue weighted by Crippen LogP contribution is 2.43. The normalized spacial score (nSPS) is 35.4. The molecule has 1 heterocycles. The van der Waals surface area contributed by atoms with Crippen LogP contribution in [0.4, 0.5) is 0 Å². The van der Waals surface area contributed by atoms with E-state index in [1.54, 1.807) is 0 Å². The highest BCUT2D eigenvalue weighted by molar-refractivity contribution is 4.92. The van der Waals surface area contributed by atoms with Gasteiger partial charge >= 0.3 is 0 Å². The van der Waals surface area contributed by atoms with Crippen molar-refractivity contribution in [2.75, 3.05) is 20.2 Å². The minimum absolute atomic E-state index is 0.501. The molecule has 1 saturated heterocycles. The number of ether oxygens (including phenoxy) is 1. The van der Waals surface area contributed by atoms with Crippen LogP contribution in [0, 0.1) is 11.3 Å². The summed E-state index contributed by atoms with van der Waals surface area (Å²) in [5.74, 6) is 0.921. The SMILES string of the molecule is CN(CC1CCCO1)C1CC(C(C)(C)C)C1. The second-order valence-electron chi connectivity index (χ2n) is 6.76. The van der Waals surface area contributed by atoms with Crippen LogP contribution in [-0.4, -0.2) is 37.2 Å². The first kappa shape index (κ1) is 12.4. The van der Waals surface area contributed by atoms with Crippen molar-refractivity contribution < 1.29 is 4.74 Å². The maximum atomic E-state index is 5.69. The van der Waals surface area contributed by atoms with E-state index in [9.17, 15) is 0 Å². The molecule has 0 aromatic rings. The van der Waals surface area contributed by atoms with Crippen LogP contribution in [0.2, 0.25) is 0 Å². The number of likely N-dealkylation sites (N-methyl/N-ethyl adjacent to an activating group) is 1. The van der Waals surface area contributed by atoms with Crippen molar-refractivity contribution in [1.29, 1.82) is 0 Å². The molecule has 2 fully saturated rings. The second kappa shape index (κ2) is 4.66. The van der Waals surface area contributed by atoms with E-state index in [1.165, 1.54) is 25.7 Å². The van der Waals surface area contributed by atoms with Crippen LogP contribution in [0.1, 0.15) is 46.5 Å². The predicted molar refractivity (Wildman–Crippen MR) is 67.6 cm³/mol. The zero-order valence-electron chi connectivity index (χ0n) is 11.3. The Bertz CT molecular complexity index is 221. The monoisotopic (exact) mass is 225 g/mol. The first-order chi connectivity index (χ1) is 7.47. The van der Waals surface area contributed by atoms with E-state index in [4.69, 9.17) is 4.74 Å². The van der Waals surface area contributed by atoms with E-state index in [2.05, 4.69) is 32.7 Å². The van der Waals surface area contributed by atoms with Gasteiger partial charge in [-0.1, -0.05) is 20.8 Å². The van der Waals surface area contributed by atoms with E-state index < -0.39 is 0 Å². The number of nitrogens with zero attached hydrogens (tertiary/aromatic N) is 1. The summed E-state index contributed by atoms with van der Waals surface area (Å²) in [5, 5.41) is 0. The van der Waals surface area contributed by atoms with Gasteiger partial charge in [-0.05, 0) is 44.1 Å². The van der Waals surface area contributed by atoms with Gasteiger partial charge in [0.15, 0.2) is 0 Å². The predicted octanol–water partition coefficient (Wildman–Crippen LogP) is 2.92. The van der Waals surface area contributed by atoms with Gasteiger partial charge in [0.25, 0.3) is 0 Å². The van der Waals surface area contributed by atoms with Gasteiger partial charge in [-0.25, -0.2) is 0 Å². The molecule has 94 valence electrons. The van der Waals surface area contributed by atoms with Crippen molar-refractivity contribution in [1.82, 2.24) is 4.90 Å². The Morgan fingerprint density at radius 2 is 1.94 bits per heavy atom. The summed E-state index contributed by atoms with van der Waals surface area (Å²) in [6.45, 7) is 9.23. The molecule has 0 bridgehead atoms. The number of hydrogen-bond donors (Lipinski definition) is 0. The Kier molecular flexibility index (Phi) is 3.60. The highest BCUT2D eigenvalue weighted by atomic mass is 16.5. The molecule has 1 unspecified atom stereocenters. The van der Waals surface area contributed by atoms with Crippen LogP contribution in [0.3, 0.4) is 0 Å². The van der Waals surface area contributed by atoms with E-state index in [0.717, 1.165) is 25.1 Å². The molecule has 2 heteroatoms. The van der Waals surface area contributed by atoms with E-state index >= 15 is 0 Å². The fourth-order valence-electron chi connectivity index (χ4n) is 2.91. The number of hydrogen-bond acceptors (Lipinski definition) is 2. The molecule has 2 aliphatic rings. The molecule has 16 heavy (non-hydrogen) atoms.